The lowest BCUT2D eigenvalue weighted by Gasteiger charge is -2.10. The van der Waals surface area contributed by atoms with E-state index in [4.69, 9.17) is 18.6 Å². The van der Waals surface area contributed by atoms with Crippen LogP contribution in [-0.2, 0) is 14.2 Å². The summed E-state index contributed by atoms with van der Waals surface area (Å²) in [4.78, 5) is 25.7. The Morgan fingerprint density at radius 1 is 1.03 bits per heavy atom. The number of carbonyl (C=O) groups excluding carboxylic acids is 1. The van der Waals surface area contributed by atoms with E-state index in [1.54, 1.807) is 25.1 Å². The smallest absolute Gasteiger partial charge is 0.341 e. The van der Waals surface area contributed by atoms with E-state index >= 15 is 0 Å². The summed E-state index contributed by atoms with van der Waals surface area (Å²) < 4.78 is 22.8. The molecular formula is C23H20O6. The van der Waals surface area contributed by atoms with Gasteiger partial charge in [0.15, 0.2) is 11.0 Å². The Bertz CT molecular complexity index is 1120. The van der Waals surface area contributed by atoms with Gasteiger partial charge in [0.2, 0.25) is 0 Å². The molecule has 1 saturated carbocycles. The maximum atomic E-state index is 12.9. The number of ether oxygens (including phenoxy) is 3. The maximum Gasteiger partial charge on any atom is 0.341 e. The van der Waals surface area contributed by atoms with Crippen LogP contribution in [0.15, 0.2) is 57.7 Å². The van der Waals surface area contributed by atoms with E-state index in [0.29, 0.717) is 29.9 Å². The highest BCUT2D eigenvalue weighted by Crippen LogP contribution is 2.40. The third-order valence-electron chi connectivity index (χ3n) is 5.54. The van der Waals surface area contributed by atoms with E-state index in [0.717, 1.165) is 5.56 Å². The van der Waals surface area contributed by atoms with E-state index < -0.39 is 5.97 Å². The Kier molecular flexibility index (Phi) is 4.45. The minimum Gasteiger partial charge on any atom is -0.461 e. The van der Waals surface area contributed by atoms with Crippen LogP contribution < -0.4 is 5.43 Å². The molecule has 2 atom stereocenters. The zero-order valence-corrected chi connectivity index (χ0v) is 15.9. The van der Waals surface area contributed by atoms with Crippen molar-refractivity contribution in [2.45, 2.75) is 19.1 Å². The molecule has 5 rings (SSSR count). The van der Waals surface area contributed by atoms with Crippen LogP contribution in [0.3, 0.4) is 0 Å². The van der Waals surface area contributed by atoms with Crippen molar-refractivity contribution in [1.29, 1.82) is 0 Å². The molecule has 148 valence electrons. The van der Waals surface area contributed by atoms with Crippen LogP contribution in [0.2, 0.25) is 0 Å². The highest BCUT2D eigenvalue weighted by atomic mass is 16.6. The zero-order valence-electron chi connectivity index (χ0n) is 15.9. The van der Waals surface area contributed by atoms with Crippen molar-refractivity contribution >= 4 is 16.9 Å². The number of esters is 1. The standard InChI is InChI=1S/C23H20O6/c1-13-18(24)15-8-5-9-16(20(15)29-19(13)14-6-3-2-4-7-14)23(25)28-12-17-21-22(17)27-11-10-26-21/h2-9,17,21-22H,10-12H2,1H3. The first-order chi connectivity index (χ1) is 14.1. The molecule has 2 fully saturated rings. The molecule has 3 aromatic rings. The summed E-state index contributed by atoms with van der Waals surface area (Å²) >= 11 is 0. The van der Waals surface area contributed by atoms with Gasteiger partial charge in [0.25, 0.3) is 0 Å². The molecule has 0 bridgehead atoms. The Morgan fingerprint density at radius 3 is 2.48 bits per heavy atom. The third-order valence-corrected chi connectivity index (χ3v) is 5.54. The summed E-state index contributed by atoms with van der Waals surface area (Å²) in [6, 6.07) is 14.3. The molecule has 2 aliphatic rings. The molecule has 6 heteroatoms. The lowest BCUT2D eigenvalue weighted by Crippen LogP contribution is -2.16. The van der Waals surface area contributed by atoms with Gasteiger partial charge in [-0.3, -0.25) is 4.79 Å². The minimum absolute atomic E-state index is 0.00864. The van der Waals surface area contributed by atoms with Gasteiger partial charge in [0.1, 0.15) is 11.3 Å². The molecule has 0 radical (unpaired) electrons. The first-order valence-corrected chi connectivity index (χ1v) is 9.67. The van der Waals surface area contributed by atoms with E-state index in [1.165, 1.54) is 0 Å². The van der Waals surface area contributed by atoms with Crippen LogP contribution in [0.4, 0.5) is 0 Å². The van der Waals surface area contributed by atoms with Gasteiger partial charge >= 0.3 is 5.97 Å². The minimum atomic E-state index is -0.523. The molecule has 1 aliphatic heterocycles. The summed E-state index contributed by atoms with van der Waals surface area (Å²) in [7, 11) is 0. The molecule has 6 nitrogen and oxygen atoms in total. The Labute approximate surface area is 167 Å². The number of hydrogen-bond acceptors (Lipinski definition) is 6. The lowest BCUT2D eigenvalue weighted by molar-refractivity contribution is -0.0376. The van der Waals surface area contributed by atoms with Crippen molar-refractivity contribution in [1.82, 2.24) is 0 Å². The Hall–Kier alpha value is -2.96. The average molecular weight is 392 g/mol. The second kappa shape index (κ2) is 7.13. The highest BCUT2D eigenvalue weighted by molar-refractivity contribution is 6.02. The van der Waals surface area contributed by atoms with Gasteiger partial charge in [0.05, 0.1) is 43.3 Å². The molecule has 2 heterocycles. The van der Waals surface area contributed by atoms with Crippen molar-refractivity contribution in [3.8, 4) is 11.3 Å². The summed E-state index contributed by atoms with van der Waals surface area (Å²) in [5.74, 6) is -0.00539. The second-order valence-corrected chi connectivity index (χ2v) is 7.37. The third kappa shape index (κ3) is 3.14. The Balaban J connectivity index is 1.48. The molecule has 29 heavy (non-hydrogen) atoms. The van der Waals surface area contributed by atoms with Crippen LogP contribution in [0.25, 0.3) is 22.3 Å². The first kappa shape index (κ1) is 18.1. The highest BCUT2D eigenvalue weighted by Gasteiger charge is 2.55. The van der Waals surface area contributed by atoms with Crippen molar-refractivity contribution in [2.75, 3.05) is 19.8 Å². The number of fused-ring (bicyclic) bond motifs is 2. The van der Waals surface area contributed by atoms with Crippen molar-refractivity contribution in [3.63, 3.8) is 0 Å². The number of rotatable bonds is 4. The van der Waals surface area contributed by atoms with Gasteiger partial charge in [-0.15, -0.1) is 0 Å². The van der Waals surface area contributed by atoms with Crippen molar-refractivity contribution < 1.29 is 23.4 Å². The van der Waals surface area contributed by atoms with Crippen LogP contribution in [0.1, 0.15) is 15.9 Å². The molecule has 0 N–H and O–H groups in total. The van der Waals surface area contributed by atoms with Gasteiger partial charge in [0, 0.05) is 11.1 Å². The lowest BCUT2D eigenvalue weighted by atomic mass is 10.0. The quantitative estimate of drug-likeness (QED) is 0.634. The molecule has 0 amide bonds. The predicted octanol–water partition coefficient (Wildman–Crippen LogP) is 3.34. The van der Waals surface area contributed by atoms with Crippen LogP contribution in [-0.4, -0.2) is 38.0 Å². The van der Waals surface area contributed by atoms with Crippen molar-refractivity contribution in [2.24, 2.45) is 5.92 Å². The fourth-order valence-corrected chi connectivity index (χ4v) is 3.89. The SMILES string of the molecule is Cc1c(-c2ccccc2)oc2c(C(=O)OCC3C4OCCOC34)cccc2c1=O. The zero-order chi connectivity index (χ0) is 20.0. The van der Waals surface area contributed by atoms with Crippen molar-refractivity contribution in [3.05, 3.63) is 69.9 Å². The molecule has 1 aliphatic carbocycles. The van der Waals surface area contributed by atoms with E-state index in [2.05, 4.69) is 0 Å². The number of carbonyl (C=O) groups is 1. The molecule has 2 unspecified atom stereocenters. The van der Waals surface area contributed by atoms with Crippen LogP contribution in [0, 0.1) is 12.8 Å². The fourth-order valence-electron chi connectivity index (χ4n) is 3.89. The predicted molar refractivity (Wildman–Crippen MR) is 106 cm³/mol. The number of hydrogen-bond donors (Lipinski definition) is 0. The van der Waals surface area contributed by atoms with Gasteiger partial charge in [-0.2, -0.15) is 0 Å². The molecule has 1 saturated heterocycles. The summed E-state index contributed by atoms with van der Waals surface area (Å²) in [5.41, 5.74) is 1.61. The molecule has 1 aromatic heterocycles. The van der Waals surface area contributed by atoms with E-state index in [9.17, 15) is 9.59 Å². The van der Waals surface area contributed by atoms with Gasteiger partial charge in [-0.25, -0.2) is 4.79 Å². The maximum absolute atomic E-state index is 12.9. The first-order valence-electron chi connectivity index (χ1n) is 9.67. The fraction of sp³-hybridized carbons (Fsp3) is 0.304. The number of para-hydroxylation sites is 1. The summed E-state index contributed by atoms with van der Waals surface area (Å²) in [6.07, 6.45) is 0.0173. The van der Waals surface area contributed by atoms with Gasteiger partial charge in [-0.1, -0.05) is 36.4 Å². The Morgan fingerprint density at radius 2 is 1.76 bits per heavy atom. The normalized spacial score (nSPS) is 22.9. The molecular weight excluding hydrogens is 372 g/mol. The summed E-state index contributed by atoms with van der Waals surface area (Å²) in [6.45, 7) is 3.09. The average Bonchev–Trinajstić information content (AvgIpc) is 3.48. The van der Waals surface area contributed by atoms with Gasteiger partial charge in [-0.05, 0) is 19.1 Å². The van der Waals surface area contributed by atoms with Crippen LogP contribution >= 0.6 is 0 Å². The summed E-state index contributed by atoms with van der Waals surface area (Å²) in [5, 5.41) is 0.364. The van der Waals surface area contributed by atoms with Crippen LogP contribution in [0.5, 0.6) is 0 Å². The number of benzene rings is 2. The van der Waals surface area contributed by atoms with E-state index in [1.807, 2.05) is 30.3 Å². The topological polar surface area (TPSA) is 75.0 Å². The molecule has 0 spiro atoms. The monoisotopic (exact) mass is 392 g/mol. The van der Waals surface area contributed by atoms with Gasteiger partial charge < -0.3 is 18.6 Å². The second-order valence-electron chi connectivity index (χ2n) is 7.37. The largest absolute Gasteiger partial charge is 0.461 e. The molecule has 2 aromatic carbocycles. The van der Waals surface area contributed by atoms with E-state index in [-0.39, 0.29) is 41.3 Å².